The molecule has 1 spiro atoms. The molecule has 1 aromatic rings. The second-order valence-corrected chi connectivity index (χ2v) is 13.4. The van der Waals surface area contributed by atoms with Crippen LogP contribution in [-0.2, 0) is 35.0 Å². The summed E-state index contributed by atoms with van der Waals surface area (Å²) in [6, 6.07) is 9.25. The molecule has 46 heavy (non-hydrogen) atoms. The highest BCUT2D eigenvalue weighted by Crippen LogP contribution is 2.60. The van der Waals surface area contributed by atoms with Crippen LogP contribution in [0.5, 0.6) is 0 Å². The molecule has 0 aromatic heterocycles. The van der Waals surface area contributed by atoms with E-state index in [2.05, 4.69) is 48.0 Å². The lowest BCUT2D eigenvalue weighted by atomic mass is 9.67. The number of aldehydes is 1. The Bertz CT molecular complexity index is 1240. The Labute approximate surface area is 272 Å². The fraction of sp³-hybridized carbons (Fsp3) is 0.629. The number of amides is 2. The standard InChI is InChI=1S/C35H50N4O7/c1-5-35(29(46-35)16-11-23(2)3)32-31(43-4)28(17-18-34(32)22-44-34)45-33(42)38-26-14-12-25(13-15-26)37-30(41)20-36-39-27(21-40)19-24-9-7-6-8-10-24/h5-11,21,25-29,31-32,36,39H,1,12-20,22H2,2-4H3,(H,37,41)(H,38,42)/t25-,26-,27-,28?,29+,31?,32?,34-,35-/m0/s1. The molecule has 4 fully saturated rings. The number of hydrogen-bond donors (Lipinski definition) is 4. The monoisotopic (exact) mass is 638 g/mol. The van der Waals surface area contributed by atoms with Gasteiger partial charge in [0.25, 0.3) is 0 Å². The van der Waals surface area contributed by atoms with Crippen molar-refractivity contribution in [3.63, 3.8) is 0 Å². The number of nitrogens with one attached hydrogen (secondary N) is 4. The van der Waals surface area contributed by atoms with Gasteiger partial charge in [-0.3, -0.25) is 4.79 Å². The molecule has 2 heterocycles. The molecule has 4 aliphatic rings. The van der Waals surface area contributed by atoms with Crippen LogP contribution in [0.2, 0.25) is 0 Å². The van der Waals surface area contributed by atoms with Crippen molar-refractivity contribution in [1.82, 2.24) is 21.5 Å². The predicted octanol–water partition coefficient (Wildman–Crippen LogP) is 3.29. The summed E-state index contributed by atoms with van der Waals surface area (Å²) in [4.78, 5) is 37.0. The van der Waals surface area contributed by atoms with Gasteiger partial charge in [-0.2, -0.15) is 0 Å². The molecule has 7 atom stereocenters. The average Bonchev–Trinajstić information content (AvgIpc) is 3.98. The van der Waals surface area contributed by atoms with Crippen LogP contribution in [0.4, 0.5) is 4.79 Å². The summed E-state index contributed by atoms with van der Waals surface area (Å²) in [5.41, 5.74) is 7.15. The van der Waals surface area contributed by atoms with E-state index in [-0.39, 0.29) is 48.3 Å². The second kappa shape index (κ2) is 15.2. The number of carbonyl (C=O) groups excluding carboxylic acids is 3. The van der Waals surface area contributed by atoms with Gasteiger partial charge >= 0.3 is 6.09 Å². The SMILES string of the molecule is C=C[C@]1(C2C(OC)C(OC(=O)N[C@H]3CC[C@H](NC(=O)CNN[C@H](C=O)Cc4ccccc4)CC3)CC[C@]23CO3)O[C@@H]1CC=C(C)C. The first-order valence-corrected chi connectivity index (χ1v) is 16.6. The van der Waals surface area contributed by atoms with Gasteiger partial charge in [0, 0.05) is 19.2 Å². The van der Waals surface area contributed by atoms with Crippen LogP contribution >= 0.6 is 0 Å². The molecule has 11 heteroatoms. The van der Waals surface area contributed by atoms with Gasteiger partial charge in [0.15, 0.2) is 0 Å². The molecule has 5 rings (SSSR count). The topological polar surface area (TPSA) is 143 Å². The van der Waals surface area contributed by atoms with Gasteiger partial charge in [-0.1, -0.05) is 48.1 Å². The Morgan fingerprint density at radius 1 is 1.09 bits per heavy atom. The number of carbonyl (C=O) groups is 3. The minimum absolute atomic E-state index is 0.00757. The zero-order valence-electron chi connectivity index (χ0n) is 27.3. The lowest BCUT2D eigenvalue weighted by Gasteiger charge is -2.43. The normalized spacial score (nSPS) is 33.7. The number of epoxide rings is 2. The Morgan fingerprint density at radius 2 is 1.78 bits per heavy atom. The molecule has 252 valence electrons. The highest BCUT2D eigenvalue weighted by Gasteiger charge is 2.73. The Kier molecular flexibility index (Phi) is 11.3. The number of benzene rings is 1. The van der Waals surface area contributed by atoms with Crippen LogP contribution in [0.25, 0.3) is 0 Å². The zero-order chi connectivity index (χ0) is 32.7. The van der Waals surface area contributed by atoms with Crippen molar-refractivity contribution in [2.45, 2.75) is 113 Å². The second-order valence-electron chi connectivity index (χ2n) is 13.4. The highest BCUT2D eigenvalue weighted by atomic mass is 16.6. The molecule has 2 aliphatic carbocycles. The van der Waals surface area contributed by atoms with E-state index in [9.17, 15) is 14.4 Å². The number of ether oxygens (including phenoxy) is 4. The largest absolute Gasteiger partial charge is 0.443 e. The van der Waals surface area contributed by atoms with E-state index in [4.69, 9.17) is 18.9 Å². The van der Waals surface area contributed by atoms with Crippen LogP contribution in [-0.4, -0.2) is 86.2 Å². The Balaban J connectivity index is 1.04. The van der Waals surface area contributed by atoms with Gasteiger partial charge in [-0.25, -0.2) is 15.6 Å². The van der Waals surface area contributed by atoms with Crippen molar-refractivity contribution in [3.05, 3.63) is 60.2 Å². The van der Waals surface area contributed by atoms with E-state index in [0.29, 0.717) is 19.4 Å². The molecule has 0 bridgehead atoms. The first-order chi connectivity index (χ1) is 22.2. The van der Waals surface area contributed by atoms with Crippen molar-refractivity contribution in [3.8, 4) is 0 Å². The first-order valence-electron chi connectivity index (χ1n) is 16.6. The van der Waals surface area contributed by atoms with Crippen LogP contribution in [0.15, 0.2) is 54.6 Å². The van der Waals surface area contributed by atoms with Gasteiger partial charge in [0.1, 0.15) is 29.7 Å². The lowest BCUT2D eigenvalue weighted by molar-refractivity contribution is -0.121. The third kappa shape index (κ3) is 8.24. The van der Waals surface area contributed by atoms with Crippen LogP contribution in [0.3, 0.4) is 0 Å². The number of allylic oxidation sites excluding steroid dienone is 1. The minimum atomic E-state index is -0.575. The highest BCUT2D eigenvalue weighted by molar-refractivity contribution is 5.78. The van der Waals surface area contributed by atoms with Gasteiger partial charge in [-0.15, -0.1) is 6.58 Å². The molecular weight excluding hydrogens is 588 g/mol. The van der Waals surface area contributed by atoms with E-state index < -0.39 is 23.8 Å². The summed E-state index contributed by atoms with van der Waals surface area (Å²) >= 11 is 0. The van der Waals surface area contributed by atoms with E-state index >= 15 is 0 Å². The summed E-state index contributed by atoms with van der Waals surface area (Å²) in [6.45, 7) is 8.95. The minimum Gasteiger partial charge on any atom is -0.443 e. The van der Waals surface area contributed by atoms with Crippen molar-refractivity contribution < 1.29 is 33.3 Å². The third-order valence-electron chi connectivity index (χ3n) is 9.91. The van der Waals surface area contributed by atoms with Gasteiger partial charge in [0.05, 0.1) is 31.2 Å². The number of methoxy groups -OCH3 is 1. The lowest BCUT2D eigenvalue weighted by Crippen LogP contribution is -2.56. The summed E-state index contributed by atoms with van der Waals surface area (Å²) in [6.07, 6.45) is 9.30. The van der Waals surface area contributed by atoms with Crippen LogP contribution in [0, 0.1) is 5.92 Å². The molecular formula is C35H50N4O7. The van der Waals surface area contributed by atoms with E-state index in [1.165, 1.54) is 5.57 Å². The van der Waals surface area contributed by atoms with E-state index in [0.717, 1.165) is 50.4 Å². The van der Waals surface area contributed by atoms with E-state index in [1.807, 2.05) is 36.4 Å². The Hall–Kier alpha value is -3.09. The summed E-state index contributed by atoms with van der Waals surface area (Å²) in [7, 11) is 1.66. The summed E-state index contributed by atoms with van der Waals surface area (Å²) in [5.74, 6) is -0.274. The quantitative estimate of drug-likeness (QED) is 0.0985. The molecule has 2 saturated heterocycles. The number of hydrogen-bond acceptors (Lipinski definition) is 9. The molecule has 0 radical (unpaired) electrons. The Morgan fingerprint density at radius 3 is 2.39 bits per heavy atom. The molecule has 1 aromatic carbocycles. The van der Waals surface area contributed by atoms with Gasteiger partial charge in [-0.05, 0) is 70.8 Å². The average molecular weight is 639 g/mol. The molecule has 2 amide bonds. The third-order valence-corrected chi connectivity index (χ3v) is 9.91. The van der Waals surface area contributed by atoms with Crippen LogP contribution in [0.1, 0.15) is 64.4 Å². The number of alkyl carbamates (subject to hydrolysis) is 1. The fourth-order valence-electron chi connectivity index (χ4n) is 7.35. The van der Waals surface area contributed by atoms with Crippen LogP contribution < -0.4 is 21.5 Å². The zero-order valence-corrected chi connectivity index (χ0v) is 27.3. The van der Waals surface area contributed by atoms with Crippen molar-refractivity contribution in [2.24, 2.45) is 5.92 Å². The molecule has 2 aliphatic heterocycles. The molecule has 11 nitrogen and oxygen atoms in total. The molecule has 3 unspecified atom stereocenters. The molecule has 2 saturated carbocycles. The fourth-order valence-corrected chi connectivity index (χ4v) is 7.35. The van der Waals surface area contributed by atoms with Crippen molar-refractivity contribution in [1.29, 1.82) is 0 Å². The maximum Gasteiger partial charge on any atom is 0.407 e. The smallest absolute Gasteiger partial charge is 0.407 e. The summed E-state index contributed by atoms with van der Waals surface area (Å²) in [5, 5.41) is 6.09. The van der Waals surface area contributed by atoms with E-state index in [1.54, 1.807) is 7.11 Å². The van der Waals surface area contributed by atoms with Crippen molar-refractivity contribution in [2.75, 3.05) is 20.3 Å². The first kappa shape index (κ1) is 34.3. The summed E-state index contributed by atoms with van der Waals surface area (Å²) < 4.78 is 24.3. The predicted molar refractivity (Wildman–Crippen MR) is 173 cm³/mol. The molecule has 4 N–H and O–H groups in total. The maximum atomic E-state index is 13.1. The van der Waals surface area contributed by atoms with Gasteiger partial charge in [0.2, 0.25) is 5.91 Å². The number of hydrazine groups is 1. The maximum absolute atomic E-state index is 13.1. The van der Waals surface area contributed by atoms with Crippen molar-refractivity contribution >= 4 is 18.3 Å². The number of rotatable bonds is 15. The van der Waals surface area contributed by atoms with Gasteiger partial charge < -0.3 is 34.4 Å².